The number of amides is 1. The Morgan fingerprint density at radius 1 is 1.23 bits per heavy atom. The Morgan fingerprint density at radius 3 is 2.43 bits per heavy atom. The lowest BCUT2D eigenvalue weighted by Gasteiger charge is -2.38. The van der Waals surface area contributed by atoms with Crippen LogP contribution in [0.5, 0.6) is 5.75 Å². The molecule has 0 aliphatic heterocycles. The molecule has 0 bridgehead atoms. The van der Waals surface area contributed by atoms with Gasteiger partial charge in [-0.1, -0.05) is 6.07 Å². The van der Waals surface area contributed by atoms with Crippen molar-refractivity contribution in [2.24, 2.45) is 11.1 Å². The number of rotatable bonds is 8. The first kappa shape index (κ1) is 22.0. The quantitative estimate of drug-likeness (QED) is 0.694. The minimum absolute atomic E-state index is 0.219. The lowest BCUT2D eigenvalue weighted by Crippen LogP contribution is -2.45. The second kappa shape index (κ2) is 9.43. The molecule has 7 heteroatoms. The van der Waals surface area contributed by atoms with Gasteiger partial charge in [0.25, 0.3) is 0 Å². The van der Waals surface area contributed by atoms with Crippen molar-refractivity contribution in [3.05, 3.63) is 36.2 Å². The van der Waals surface area contributed by atoms with Gasteiger partial charge in [0.05, 0.1) is 12.0 Å². The van der Waals surface area contributed by atoms with Crippen molar-refractivity contribution >= 4 is 11.9 Å². The van der Waals surface area contributed by atoms with Crippen LogP contribution < -0.4 is 20.7 Å². The Hall–Kier alpha value is -2.67. The predicted octanol–water partition coefficient (Wildman–Crippen LogP) is 2.78. The van der Waals surface area contributed by atoms with Crippen LogP contribution >= 0.6 is 0 Å². The number of aromatic nitrogens is 2. The molecule has 162 valence electrons. The summed E-state index contributed by atoms with van der Waals surface area (Å²) in [6.45, 7) is 2.53. The summed E-state index contributed by atoms with van der Waals surface area (Å²) in [4.78, 5) is 23.2. The maximum Gasteiger partial charge on any atom is 0.224 e. The van der Waals surface area contributed by atoms with Crippen molar-refractivity contribution in [3.63, 3.8) is 0 Å². The first-order valence-corrected chi connectivity index (χ1v) is 10.6. The minimum atomic E-state index is -0.539. The summed E-state index contributed by atoms with van der Waals surface area (Å²) < 4.78 is 5.88. The maximum atomic E-state index is 12.5. The van der Waals surface area contributed by atoms with Gasteiger partial charge in [0, 0.05) is 38.1 Å². The van der Waals surface area contributed by atoms with Gasteiger partial charge in [0.15, 0.2) is 0 Å². The molecule has 1 aliphatic rings. The molecule has 2 aromatic rings. The zero-order chi connectivity index (χ0) is 21.7. The number of anilines is 1. The molecule has 3 rings (SSSR count). The number of carbonyl (C=O) groups excluding carboxylic acids is 1. The summed E-state index contributed by atoms with van der Waals surface area (Å²) in [5.74, 6) is 1.26. The number of nitrogens with one attached hydrogen (secondary N) is 1. The summed E-state index contributed by atoms with van der Waals surface area (Å²) in [5.41, 5.74) is 8.33. The molecule has 3 N–H and O–H groups in total. The highest BCUT2D eigenvalue weighted by Gasteiger charge is 2.40. The molecule has 1 aromatic heterocycles. The van der Waals surface area contributed by atoms with Crippen LogP contribution in [-0.2, 0) is 11.2 Å². The number of carbonyl (C=O) groups is 1. The molecule has 30 heavy (non-hydrogen) atoms. The first-order valence-electron chi connectivity index (χ1n) is 10.6. The number of ether oxygens (including phenoxy) is 1. The average Bonchev–Trinajstić information content (AvgIpc) is 2.75. The molecule has 1 aliphatic carbocycles. The third-order valence-electron chi connectivity index (χ3n) is 6.13. The number of benzene rings is 1. The molecule has 0 atom stereocenters. The third-order valence-corrected chi connectivity index (χ3v) is 6.13. The van der Waals surface area contributed by atoms with E-state index in [4.69, 9.17) is 10.5 Å². The van der Waals surface area contributed by atoms with Crippen molar-refractivity contribution < 1.29 is 9.53 Å². The van der Waals surface area contributed by atoms with Crippen LogP contribution in [0.15, 0.2) is 30.6 Å². The van der Waals surface area contributed by atoms with E-state index in [0.717, 1.165) is 48.1 Å². The normalized spacial score (nSPS) is 21.3. The van der Waals surface area contributed by atoms with Crippen molar-refractivity contribution in [1.29, 1.82) is 0 Å². The molecule has 0 spiro atoms. The van der Waals surface area contributed by atoms with Crippen LogP contribution in [0.2, 0.25) is 0 Å². The van der Waals surface area contributed by atoms with Gasteiger partial charge in [-0.25, -0.2) is 9.97 Å². The zero-order valence-electron chi connectivity index (χ0n) is 18.4. The average molecular weight is 412 g/mol. The van der Waals surface area contributed by atoms with E-state index in [1.54, 1.807) is 0 Å². The summed E-state index contributed by atoms with van der Waals surface area (Å²) in [5, 5.41) is 3.33. The van der Waals surface area contributed by atoms with E-state index in [2.05, 4.69) is 21.4 Å². The van der Waals surface area contributed by atoms with Gasteiger partial charge in [0.1, 0.15) is 5.75 Å². The third kappa shape index (κ3) is 4.73. The Kier molecular flexibility index (Phi) is 6.92. The molecule has 0 radical (unpaired) electrons. The molecular formula is C23H33N5O2. The molecule has 7 nitrogen and oxygen atoms in total. The van der Waals surface area contributed by atoms with E-state index in [-0.39, 0.29) is 5.91 Å². The molecular weight excluding hydrogens is 378 g/mol. The highest BCUT2D eigenvalue weighted by atomic mass is 16.5. The lowest BCUT2D eigenvalue weighted by molar-refractivity contribution is -0.129. The van der Waals surface area contributed by atoms with Crippen molar-refractivity contribution in [2.45, 2.75) is 45.1 Å². The topological polar surface area (TPSA) is 93.4 Å². The lowest BCUT2D eigenvalue weighted by atomic mass is 9.68. The van der Waals surface area contributed by atoms with E-state index in [9.17, 15) is 4.79 Å². The fourth-order valence-electron chi connectivity index (χ4n) is 4.23. The van der Waals surface area contributed by atoms with E-state index in [0.29, 0.717) is 25.0 Å². The van der Waals surface area contributed by atoms with Crippen molar-refractivity contribution in [3.8, 4) is 16.9 Å². The van der Waals surface area contributed by atoms with E-state index < -0.39 is 5.41 Å². The zero-order valence-corrected chi connectivity index (χ0v) is 18.4. The van der Waals surface area contributed by atoms with Gasteiger partial charge in [-0.2, -0.15) is 0 Å². The summed E-state index contributed by atoms with van der Waals surface area (Å²) >= 11 is 0. The number of primary amides is 1. The molecule has 1 aromatic carbocycles. The van der Waals surface area contributed by atoms with Crippen molar-refractivity contribution in [2.75, 3.05) is 32.6 Å². The van der Waals surface area contributed by atoms with Crippen LogP contribution in [0, 0.1) is 5.41 Å². The molecule has 1 amide bonds. The SMILES string of the molecule is CCOc1ccc(-c2cnc(N(C)C)nc2)cc1CC1(C(N)=O)CCC(NC)CC1. The molecule has 1 saturated carbocycles. The Morgan fingerprint density at radius 2 is 1.90 bits per heavy atom. The van der Waals surface area contributed by atoms with Gasteiger partial charge in [0.2, 0.25) is 11.9 Å². The number of hydrogen-bond donors (Lipinski definition) is 2. The Labute approximate surface area is 179 Å². The smallest absolute Gasteiger partial charge is 0.224 e. The van der Waals surface area contributed by atoms with Gasteiger partial charge < -0.3 is 20.7 Å². The maximum absolute atomic E-state index is 12.5. The summed E-state index contributed by atoms with van der Waals surface area (Å²) in [6.07, 6.45) is 7.69. The van der Waals surface area contributed by atoms with Crippen LogP contribution in [-0.4, -0.2) is 49.7 Å². The van der Waals surface area contributed by atoms with Gasteiger partial charge in [-0.3, -0.25) is 4.79 Å². The fourth-order valence-corrected chi connectivity index (χ4v) is 4.23. The number of hydrogen-bond acceptors (Lipinski definition) is 6. The largest absolute Gasteiger partial charge is 0.494 e. The number of nitrogens with two attached hydrogens (primary N) is 1. The second-order valence-electron chi connectivity index (χ2n) is 8.31. The number of nitrogens with zero attached hydrogens (tertiary/aromatic N) is 3. The van der Waals surface area contributed by atoms with Gasteiger partial charge >= 0.3 is 0 Å². The van der Waals surface area contributed by atoms with Crippen molar-refractivity contribution in [1.82, 2.24) is 15.3 Å². The van der Waals surface area contributed by atoms with Crippen LogP contribution in [0.25, 0.3) is 11.1 Å². The molecule has 0 unspecified atom stereocenters. The van der Waals surface area contributed by atoms with Gasteiger partial charge in [-0.05, 0) is 69.3 Å². The highest BCUT2D eigenvalue weighted by Crippen LogP contribution is 2.41. The fraction of sp³-hybridized carbons (Fsp3) is 0.522. The summed E-state index contributed by atoms with van der Waals surface area (Å²) in [7, 11) is 5.80. The van der Waals surface area contributed by atoms with Crippen LogP contribution in [0.1, 0.15) is 38.2 Å². The standard InChI is InChI=1S/C23H33N5O2/c1-5-30-20-7-6-16(18-14-26-22(27-15-18)28(3)4)12-17(20)13-23(21(24)29)10-8-19(25-2)9-11-23/h6-7,12,14-15,19,25H,5,8-11,13H2,1-4H3,(H2,24,29). The molecule has 1 heterocycles. The van der Waals surface area contributed by atoms with Crippen LogP contribution in [0.3, 0.4) is 0 Å². The Balaban J connectivity index is 1.93. The van der Waals surface area contributed by atoms with E-state index in [1.165, 1.54) is 0 Å². The molecule has 0 saturated heterocycles. The summed E-state index contributed by atoms with van der Waals surface area (Å²) in [6, 6.07) is 6.52. The van der Waals surface area contributed by atoms with E-state index in [1.807, 2.05) is 57.5 Å². The highest BCUT2D eigenvalue weighted by molar-refractivity contribution is 5.81. The Bertz CT molecular complexity index is 858. The van der Waals surface area contributed by atoms with Crippen LogP contribution in [0.4, 0.5) is 5.95 Å². The predicted molar refractivity (Wildman–Crippen MR) is 120 cm³/mol. The van der Waals surface area contributed by atoms with E-state index >= 15 is 0 Å². The first-order chi connectivity index (χ1) is 14.4. The monoisotopic (exact) mass is 411 g/mol. The van der Waals surface area contributed by atoms with Gasteiger partial charge in [-0.15, -0.1) is 0 Å². The second-order valence-corrected chi connectivity index (χ2v) is 8.31. The minimum Gasteiger partial charge on any atom is -0.494 e. The molecule has 1 fully saturated rings.